The number of halogens is 2. The van der Waals surface area contributed by atoms with Gasteiger partial charge in [0.25, 0.3) is 0 Å². The van der Waals surface area contributed by atoms with Gasteiger partial charge in [-0.1, -0.05) is 42.5 Å². The largest absolute Gasteiger partial charge is 0.367 e. The third-order valence-corrected chi connectivity index (χ3v) is 4.42. The summed E-state index contributed by atoms with van der Waals surface area (Å²) in [5, 5.41) is 0.877. The van der Waals surface area contributed by atoms with Crippen LogP contribution in [0.25, 0.3) is 0 Å². The van der Waals surface area contributed by atoms with Gasteiger partial charge in [0.15, 0.2) is 5.78 Å². The van der Waals surface area contributed by atoms with Crippen LogP contribution >= 0.6 is 23.2 Å². The van der Waals surface area contributed by atoms with Gasteiger partial charge >= 0.3 is 0 Å². The number of ketones is 1. The molecule has 0 bridgehead atoms. The first kappa shape index (κ1) is 14.8. The first-order valence-electron chi connectivity index (χ1n) is 6.73. The van der Waals surface area contributed by atoms with Gasteiger partial charge in [0, 0.05) is 12.2 Å². The molecule has 0 amide bonds. The molecule has 0 unspecified atom stereocenters. The van der Waals surface area contributed by atoms with Crippen molar-refractivity contribution < 1.29 is 9.53 Å². The Hall–Kier alpha value is -0.570. The van der Waals surface area contributed by atoms with Crippen molar-refractivity contribution in [2.45, 2.75) is 44.6 Å². The van der Waals surface area contributed by atoms with Gasteiger partial charge in [-0.2, -0.15) is 0 Å². The lowest BCUT2D eigenvalue weighted by Crippen LogP contribution is -2.43. The highest BCUT2D eigenvalue weighted by Gasteiger charge is 2.40. The number of benzene rings is 1. The van der Waals surface area contributed by atoms with E-state index in [1.165, 1.54) is 6.42 Å². The first-order valence-corrected chi connectivity index (χ1v) is 7.48. The fourth-order valence-electron chi connectivity index (χ4n) is 2.74. The summed E-state index contributed by atoms with van der Waals surface area (Å²) in [4.78, 5) is 12.7. The summed E-state index contributed by atoms with van der Waals surface area (Å²) in [6.45, 7) is 2.48. The summed E-state index contributed by atoms with van der Waals surface area (Å²) in [5.41, 5.74) is -0.0748. The monoisotopic (exact) mass is 300 g/mol. The van der Waals surface area contributed by atoms with Crippen LogP contribution < -0.4 is 0 Å². The maximum absolute atomic E-state index is 12.7. The van der Waals surface area contributed by atoms with Crippen LogP contribution in [0, 0.1) is 0 Å². The molecule has 1 fully saturated rings. The minimum absolute atomic E-state index is 0.0348. The highest BCUT2D eigenvalue weighted by Crippen LogP contribution is 2.35. The average molecular weight is 301 g/mol. The van der Waals surface area contributed by atoms with Crippen molar-refractivity contribution in [1.29, 1.82) is 0 Å². The Morgan fingerprint density at radius 3 is 2.47 bits per heavy atom. The van der Waals surface area contributed by atoms with Crippen molar-refractivity contribution in [3.05, 3.63) is 33.8 Å². The molecule has 0 atom stereocenters. The van der Waals surface area contributed by atoms with Crippen LogP contribution in [0.4, 0.5) is 0 Å². The predicted molar refractivity (Wildman–Crippen MR) is 78.2 cm³/mol. The van der Waals surface area contributed by atoms with Crippen molar-refractivity contribution in [2.75, 3.05) is 6.61 Å². The summed E-state index contributed by atoms with van der Waals surface area (Å²) in [6, 6.07) is 5.03. The van der Waals surface area contributed by atoms with E-state index in [9.17, 15) is 4.79 Å². The SMILES string of the molecule is CCOC1(C(=O)c2ccc(Cl)c(Cl)c2)CCCCC1. The van der Waals surface area contributed by atoms with Crippen LogP contribution in [0.15, 0.2) is 18.2 Å². The molecule has 1 aromatic carbocycles. The third-order valence-electron chi connectivity index (χ3n) is 3.68. The van der Waals surface area contributed by atoms with Crippen molar-refractivity contribution in [3.63, 3.8) is 0 Å². The zero-order valence-electron chi connectivity index (χ0n) is 11.0. The molecule has 2 nitrogen and oxygen atoms in total. The molecule has 0 spiro atoms. The van der Waals surface area contributed by atoms with E-state index in [1.807, 2.05) is 6.92 Å². The number of carbonyl (C=O) groups excluding carboxylic acids is 1. The van der Waals surface area contributed by atoms with E-state index in [-0.39, 0.29) is 5.78 Å². The van der Waals surface area contributed by atoms with Gasteiger partial charge in [-0.05, 0) is 38.0 Å². The lowest BCUT2D eigenvalue weighted by Gasteiger charge is -2.35. The Balaban J connectivity index is 2.30. The Labute approximate surface area is 124 Å². The van der Waals surface area contributed by atoms with E-state index in [0.717, 1.165) is 25.7 Å². The molecule has 0 heterocycles. The molecule has 0 aliphatic heterocycles. The van der Waals surface area contributed by atoms with Crippen LogP contribution in [0.2, 0.25) is 10.0 Å². The fourth-order valence-corrected chi connectivity index (χ4v) is 3.03. The molecule has 1 aromatic rings. The van der Waals surface area contributed by atoms with Gasteiger partial charge in [0.1, 0.15) is 5.60 Å². The summed E-state index contributed by atoms with van der Waals surface area (Å²) in [5.74, 6) is 0.0348. The molecule has 0 aromatic heterocycles. The number of carbonyl (C=O) groups is 1. The molecule has 1 aliphatic rings. The minimum atomic E-state index is -0.663. The van der Waals surface area contributed by atoms with Crippen molar-refractivity contribution >= 4 is 29.0 Å². The van der Waals surface area contributed by atoms with Gasteiger partial charge in [0.05, 0.1) is 10.0 Å². The summed E-state index contributed by atoms with van der Waals surface area (Å²) < 4.78 is 5.83. The lowest BCUT2D eigenvalue weighted by molar-refractivity contribution is -0.0411. The van der Waals surface area contributed by atoms with Gasteiger partial charge in [0.2, 0.25) is 0 Å². The Morgan fingerprint density at radius 2 is 1.89 bits per heavy atom. The standard InChI is InChI=1S/C15H18Cl2O2/c1-2-19-15(8-4-3-5-9-15)14(18)11-6-7-12(16)13(17)10-11/h6-7,10H,2-5,8-9H2,1H3. The number of Topliss-reactive ketones (excluding diaryl/α,β-unsaturated/α-hetero) is 1. The molecular weight excluding hydrogens is 283 g/mol. The quantitative estimate of drug-likeness (QED) is 0.738. The number of hydrogen-bond donors (Lipinski definition) is 0. The van der Waals surface area contributed by atoms with Crippen LogP contribution in [-0.4, -0.2) is 18.0 Å². The van der Waals surface area contributed by atoms with Crippen LogP contribution in [-0.2, 0) is 4.74 Å². The molecular formula is C15H18Cl2O2. The predicted octanol–water partition coefficient (Wildman–Crippen LogP) is 4.92. The second-order valence-electron chi connectivity index (χ2n) is 4.95. The topological polar surface area (TPSA) is 26.3 Å². The molecule has 0 radical (unpaired) electrons. The van der Waals surface area contributed by atoms with E-state index in [0.29, 0.717) is 22.2 Å². The Bertz CT molecular complexity index is 460. The van der Waals surface area contributed by atoms with Crippen LogP contribution in [0.5, 0.6) is 0 Å². The molecule has 4 heteroatoms. The highest BCUT2D eigenvalue weighted by atomic mass is 35.5. The average Bonchev–Trinajstić information content (AvgIpc) is 2.42. The molecule has 1 saturated carbocycles. The van der Waals surface area contributed by atoms with E-state index in [4.69, 9.17) is 27.9 Å². The van der Waals surface area contributed by atoms with Gasteiger partial charge < -0.3 is 4.74 Å². The highest BCUT2D eigenvalue weighted by molar-refractivity contribution is 6.42. The molecule has 104 valence electrons. The smallest absolute Gasteiger partial charge is 0.194 e. The Kier molecular flexibility index (Phi) is 4.88. The van der Waals surface area contributed by atoms with E-state index < -0.39 is 5.60 Å². The van der Waals surface area contributed by atoms with E-state index >= 15 is 0 Å². The zero-order valence-corrected chi connectivity index (χ0v) is 12.6. The first-order chi connectivity index (χ1) is 9.09. The van der Waals surface area contributed by atoms with Gasteiger partial charge in [-0.15, -0.1) is 0 Å². The maximum atomic E-state index is 12.7. The molecule has 2 rings (SSSR count). The van der Waals surface area contributed by atoms with Crippen molar-refractivity contribution in [2.24, 2.45) is 0 Å². The molecule has 1 aliphatic carbocycles. The van der Waals surface area contributed by atoms with Crippen molar-refractivity contribution in [3.8, 4) is 0 Å². The minimum Gasteiger partial charge on any atom is -0.367 e. The second-order valence-corrected chi connectivity index (χ2v) is 5.76. The third kappa shape index (κ3) is 3.13. The molecule has 0 N–H and O–H groups in total. The summed E-state index contributed by atoms with van der Waals surface area (Å²) in [7, 11) is 0. The zero-order chi connectivity index (χ0) is 13.9. The maximum Gasteiger partial charge on any atom is 0.194 e. The second kappa shape index (κ2) is 6.25. The Morgan fingerprint density at radius 1 is 1.21 bits per heavy atom. The van der Waals surface area contributed by atoms with E-state index in [1.54, 1.807) is 18.2 Å². The summed E-state index contributed by atoms with van der Waals surface area (Å²) >= 11 is 11.9. The fraction of sp³-hybridized carbons (Fsp3) is 0.533. The van der Waals surface area contributed by atoms with Crippen LogP contribution in [0.1, 0.15) is 49.4 Å². The van der Waals surface area contributed by atoms with Crippen molar-refractivity contribution in [1.82, 2.24) is 0 Å². The molecule has 19 heavy (non-hydrogen) atoms. The number of hydrogen-bond acceptors (Lipinski definition) is 2. The summed E-state index contributed by atoms with van der Waals surface area (Å²) in [6.07, 6.45) is 4.82. The normalized spacial score (nSPS) is 18.3. The van der Waals surface area contributed by atoms with Crippen LogP contribution in [0.3, 0.4) is 0 Å². The number of ether oxygens (including phenoxy) is 1. The van der Waals surface area contributed by atoms with E-state index in [2.05, 4.69) is 0 Å². The van der Waals surface area contributed by atoms with Gasteiger partial charge in [-0.25, -0.2) is 0 Å². The number of rotatable bonds is 4. The lowest BCUT2D eigenvalue weighted by atomic mass is 9.79. The molecule has 0 saturated heterocycles. The van der Waals surface area contributed by atoms with Gasteiger partial charge in [-0.3, -0.25) is 4.79 Å².